The van der Waals surface area contributed by atoms with Crippen LogP contribution < -0.4 is 10.2 Å². The average Bonchev–Trinajstić information content (AvgIpc) is 2.43. The summed E-state index contributed by atoms with van der Waals surface area (Å²) >= 11 is 0. The van der Waals surface area contributed by atoms with Gasteiger partial charge in [0.1, 0.15) is 0 Å². The highest BCUT2D eigenvalue weighted by atomic mass is 16.5. The molecule has 0 saturated carbocycles. The highest BCUT2D eigenvalue weighted by Crippen LogP contribution is 2.26. The average molecular weight is 262 g/mol. The number of benzene rings is 1. The van der Waals surface area contributed by atoms with Crippen molar-refractivity contribution in [1.29, 1.82) is 0 Å². The van der Waals surface area contributed by atoms with Gasteiger partial charge < -0.3 is 15.0 Å². The third-order valence-electron chi connectivity index (χ3n) is 4.21. The molecule has 0 aromatic heterocycles. The fourth-order valence-corrected chi connectivity index (χ4v) is 2.67. The van der Waals surface area contributed by atoms with E-state index in [1.165, 1.54) is 11.3 Å². The first-order valence-corrected chi connectivity index (χ1v) is 7.17. The Hall–Kier alpha value is -1.06. The van der Waals surface area contributed by atoms with Gasteiger partial charge in [-0.3, -0.25) is 0 Å². The number of rotatable bonds is 4. The van der Waals surface area contributed by atoms with Gasteiger partial charge in [-0.25, -0.2) is 0 Å². The van der Waals surface area contributed by atoms with Crippen molar-refractivity contribution in [3.05, 3.63) is 29.8 Å². The molecule has 1 aliphatic rings. The van der Waals surface area contributed by atoms with E-state index in [0.717, 1.165) is 19.5 Å². The highest BCUT2D eigenvalue weighted by Gasteiger charge is 2.32. The molecule has 0 bridgehead atoms. The molecule has 1 aromatic carbocycles. The van der Waals surface area contributed by atoms with Crippen LogP contribution in [0.15, 0.2) is 24.3 Å². The zero-order chi connectivity index (χ0) is 13.9. The maximum Gasteiger partial charge on any atom is 0.0713 e. The van der Waals surface area contributed by atoms with Crippen molar-refractivity contribution >= 4 is 5.69 Å². The summed E-state index contributed by atoms with van der Waals surface area (Å²) in [6.07, 6.45) is 1.15. The van der Waals surface area contributed by atoms with Crippen LogP contribution >= 0.6 is 0 Å². The summed E-state index contributed by atoms with van der Waals surface area (Å²) in [7, 11) is 1.74. The van der Waals surface area contributed by atoms with Gasteiger partial charge in [-0.05, 0) is 38.0 Å². The van der Waals surface area contributed by atoms with Crippen LogP contribution in [0.4, 0.5) is 5.69 Å². The largest absolute Gasteiger partial charge is 0.380 e. The summed E-state index contributed by atoms with van der Waals surface area (Å²) in [5.41, 5.74) is 2.76. The molecule has 1 fully saturated rings. The van der Waals surface area contributed by atoms with Gasteiger partial charge in [-0.2, -0.15) is 0 Å². The minimum Gasteiger partial charge on any atom is -0.380 e. The first-order valence-electron chi connectivity index (χ1n) is 7.17. The molecule has 1 heterocycles. The molecule has 0 spiro atoms. The first kappa shape index (κ1) is 14.4. The van der Waals surface area contributed by atoms with Crippen molar-refractivity contribution in [1.82, 2.24) is 5.32 Å². The molecule has 1 aliphatic heterocycles. The SMILES string of the molecule is CCC1(C)CN(c2cccc(COC)c2)C(C)CN1. The molecule has 2 rings (SSSR count). The second-order valence-corrected chi connectivity index (χ2v) is 5.87. The van der Waals surface area contributed by atoms with Crippen molar-refractivity contribution in [2.24, 2.45) is 0 Å². The van der Waals surface area contributed by atoms with Crippen molar-refractivity contribution in [2.45, 2.75) is 45.4 Å². The van der Waals surface area contributed by atoms with Crippen LogP contribution in [-0.4, -0.2) is 31.8 Å². The van der Waals surface area contributed by atoms with E-state index in [0.29, 0.717) is 12.6 Å². The summed E-state index contributed by atoms with van der Waals surface area (Å²) in [6, 6.07) is 9.23. The van der Waals surface area contributed by atoms with Crippen LogP contribution in [0.2, 0.25) is 0 Å². The molecule has 1 aromatic rings. The number of hydrogen-bond acceptors (Lipinski definition) is 3. The van der Waals surface area contributed by atoms with E-state index in [9.17, 15) is 0 Å². The van der Waals surface area contributed by atoms with Crippen LogP contribution in [0, 0.1) is 0 Å². The Labute approximate surface area is 116 Å². The number of nitrogens with zero attached hydrogens (tertiary/aromatic N) is 1. The second-order valence-electron chi connectivity index (χ2n) is 5.87. The number of piperazine rings is 1. The van der Waals surface area contributed by atoms with Gasteiger partial charge in [0.25, 0.3) is 0 Å². The number of nitrogens with one attached hydrogen (secondary N) is 1. The Balaban J connectivity index is 2.21. The van der Waals surface area contributed by atoms with Gasteiger partial charge in [0.2, 0.25) is 0 Å². The fraction of sp³-hybridized carbons (Fsp3) is 0.625. The molecule has 3 nitrogen and oxygen atoms in total. The van der Waals surface area contributed by atoms with E-state index < -0.39 is 0 Å². The van der Waals surface area contributed by atoms with Gasteiger partial charge in [-0.1, -0.05) is 19.1 Å². The number of ether oxygens (including phenoxy) is 1. The van der Waals surface area contributed by atoms with Crippen LogP contribution in [0.25, 0.3) is 0 Å². The number of methoxy groups -OCH3 is 1. The topological polar surface area (TPSA) is 24.5 Å². The van der Waals surface area contributed by atoms with Gasteiger partial charge >= 0.3 is 0 Å². The molecule has 1 N–H and O–H groups in total. The van der Waals surface area contributed by atoms with Crippen molar-refractivity contribution in [3.8, 4) is 0 Å². The number of anilines is 1. The van der Waals surface area contributed by atoms with E-state index in [1.54, 1.807) is 7.11 Å². The first-order chi connectivity index (χ1) is 9.08. The molecular weight excluding hydrogens is 236 g/mol. The van der Waals surface area contributed by atoms with E-state index in [2.05, 4.69) is 55.3 Å². The smallest absolute Gasteiger partial charge is 0.0713 e. The lowest BCUT2D eigenvalue weighted by Gasteiger charge is -2.46. The Morgan fingerprint density at radius 2 is 2.26 bits per heavy atom. The molecule has 2 unspecified atom stereocenters. The molecule has 19 heavy (non-hydrogen) atoms. The summed E-state index contributed by atoms with van der Waals surface area (Å²) in [5.74, 6) is 0. The normalized spacial score (nSPS) is 27.6. The van der Waals surface area contributed by atoms with Crippen molar-refractivity contribution < 1.29 is 4.74 Å². The summed E-state index contributed by atoms with van der Waals surface area (Å²) in [4.78, 5) is 2.51. The quantitative estimate of drug-likeness (QED) is 0.903. The maximum atomic E-state index is 5.23. The molecule has 1 saturated heterocycles. The van der Waals surface area contributed by atoms with E-state index >= 15 is 0 Å². The predicted molar refractivity (Wildman–Crippen MR) is 80.7 cm³/mol. The van der Waals surface area contributed by atoms with Crippen LogP contribution in [0.3, 0.4) is 0 Å². The summed E-state index contributed by atoms with van der Waals surface area (Å²) < 4.78 is 5.23. The highest BCUT2D eigenvalue weighted by molar-refractivity contribution is 5.50. The zero-order valence-electron chi connectivity index (χ0n) is 12.6. The second kappa shape index (κ2) is 5.93. The Morgan fingerprint density at radius 3 is 2.95 bits per heavy atom. The molecule has 0 radical (unpaired) electrons. The maximum absolute atomic E-state index is 5.23. The lowest BCUT2D eigenvalue weighted by atomic mass is 9.93. The standard InChI is InChI=1S/C16H26N2O/c1-5-16(3)12-18(13(2)10-17-16)15-8-6-7-14(9-15)11-19-4/h6-9,13,17H,5,10-12H2,1-4H3. The van der Waals surface area contributed by atoms with Crippen LogP contribution in [0.5, 0.6) is 0 Å². The van der Waals surface area contributed by atoms with Crippen molar-refractivity contribution in [2.75, 3.05) is 25.1 Å². The van der Waals surface area contributed by atoms with E-state index in [1.807, 2.05) is 0 Å². The van der Waals surface area contributed by atoms with Crippen LogP contribution in [-0.2, 0) is 11.3 Å². The van der Waals surface area contributed by atoms with Crippen molar-refractivity contribution in [3.63, 3.8) is 0 Å². The molecular formula is C16H26N2O. The van der Waals surface area contributed by atoms with Gasteiger partial charge in [0, 0.05) is 37.5 Å². The predicted octanol–water partition coefficient (Wildman–Crippen LogP) is 2.80. The van der Waals surface area contributed by atoms with Gasteiger partial charge in [-0.15, -0.1) is 0 Å². The summed E-state index contributed by atoms with van der Waals surface area (Å²) in [5, 5.41) is 3.67. The van der Waals surface area contributed by atoms with E-state index in [4.69, 9.17) is 4.74 Å². The zero-order valence-corrected chi connectivity index (χ0v) is 12.6. The monoisotopic (exact) mass is 262 g/mol. The number of hydrogen-bond donors (Lipinski definition) is 1. The molecule has 2 atom stereocenters. The van der Waals surface area contributed by atoms with Crippen LogP contribution in [0.1, 0.15) is 32.8 Å². The third-order valence-corrected chi connectivity index (χ3v) is 4.21. The minimum atomic E-state index is 0.212. The fourth-order valence-electron chi connectivity index (χ4n) is 2.67. The van der Waals surface area contributed by atoms with Gasteiger partial charge in [0.15, 0.2) is 0 Å². The third kappa shape index (κ3) is 3.28. The molecule has 3 heteroatoms. The Kier molecular flexibility index (Phi) is 4.48. The Bertz CT molecular complexity index is 421. The lowest BCUT2D eigenvalue weighted by molar-refractivity contribution is 0.185. The molecule has 0 amide bonds. The van der Waals surface area contributed by atoms with Gasteiger partial charge in [0.05, 0.1) is 6.61 Å². The summed E-state index contributed by atoms with van der Waals surface area (Å²) in [6.45, 7) is 9.62. The van der Waals surface area contributed by atoms with E-state index in [-0.39, 0.29) is 5.54 Å². The molecule has 106 valence electrons. The lowest BCUT2D eigenvalue weighted by Crippen LogP contribution is -2.62. The minimum absolute atomic E-state index is 0.212. The Morgan fingerprint density at radius 1 is 1.47 bits per heavy atom. The molecule has 0 aliphatic carbocycles.